The van der Waals surface area contributed by atoms with Crippen molar-refractivity contribution in [1.29, 1.82) is 0 Å². The van der Waals surface area contributed by atoms with Crippen LogP contribution < -0.4 is 5.43 Å². The van der Waals surface area contributed by atoms with Crippen molar-refractivity contribution >= 4 is 11.0 Å². The van der Waals surface area contributed by atoms with Crippen molar-refractivity contribution in [3.63, 3.8) is 0 Å². The summed E-state index contributed by atoms with van der Waals surface area (Å²) in [6.45, 7) is 8.24. The highest BCUT2D eigenvalue weighted by molar-refractivity contribution is 5.81. The maximum Gasteiger partial charge on any atom is 0.192 e. The minimum Gasteiger partial charge on any atom is -0.460 e. The molecule has 1 N–H and O–H groups in total. The molecule has 0 bridgehead atoms. The van der Waals surface area contributed by atoms with Crippen molar-refractivity contribution in [3.05, 3.63) is 45.3 Å². The Bertz CT molecular complexity index is 773. The zero-order chi connectivity index (χ0) is 16.8. The Labute approximate surface area is 137 Å². The molecule has 1 unspecified atom stereocenters. The van der Waals surface area contributed by atoms with E-state index in [0.717, 1.165) is 37.0 Å². The van der Waals surface area contributed by atoms with Crippen LogP contribution in [0.15, 0.2) is 27.4 Å². The minimum absolute atomic E-state index is 0.00307. The van der Waals surface area contributed by atoms with Crippen molar-refractivity contribution in [2.24, 2.45) is 5.41 Å². The fourth-order valence-electron chi connectivity index (χ4n) is 3.65. The summed E-state index contributed by atoms with van der Waals surface area (Å²) < 4.78 is 6.14. The monoisotopic (exact) mass is 314 g/mol. The molecule has 3 nitrogen and oxygen atoms in total. The SMILES string of the molecule is Cc1cc(C(C)O)c2oc(C3CCC(C)(C)CC3)cc(=O)c2c1. The lowest BCUT2D eigenvalue weighted by Gasteiger charge is -2.33. The smallest absolute Gasteiger partial charge is 0.192 e. The summed E-state index contributed by atoms with van der Waals surface area (Å²) in [5.74, 6) is 1.09. The molecule has 1 fully saturated rings. The quantitative estimate of drug-likeness (QED) is 0.863. The Balaban J connectivity index is 2.09. The van der Waals surface area contributed by atoms with Crippen LogP contribution in [0.3, 0.4) is 0 Å². The van der Waals surface area contributed by atoms with Gasteiger partial charge in [-0.3, -0.25) is 4.79 Å². The second kappa shape index (κ2) is 5.79. The summed E-state index contributed by atoms with van der Waals surface area (Å²) >= 11 is 0. The predicted molar refractivity (Wildman–Crippen MR) is 92.8 cm³/mol. The third kappa shape index (κ3) is 3.20. The van der Waals surface area contributed by atoms with Crippen molar-refractivity contribution in [2.45, 2.75) is 65.4 Å². The van der Waals surface area contributed by atoms with Crippen molar-refractivity contribution in [1.82, 2.24) is 0 Å². The van der Waals surface area contributed by atoms with Crippen molar-refractivity contribution in [3.8, 4) is 0 Å². The van der Waals surface area contributed by atoms with E-state index in [1.54, 1.807) is 13.0 Å². The topological polar surface area (TPSA) is 50.4 Å². The molecule has 1 aliphatic carbocycles. The molecule has 0 aliphatic heterocycles. The van der Waals surface area contributed by atoms with Gasteiger partial charge in [0.05, 0.1) is 11.5 Å². The molecule has 1 aromatic carbocycles. The maximum absolute atomic E-state index is 12.6. The average molecular weight is 314 g/mol. The number of fused-ring (bicyclic) bond motifs is 1. The second-order valence-corrected chi connectivity index (χ2v) is 7.86. The zero-order valence-corrected chi connectivity index (χ0v) is 14.5. The largest absolute Gasteiger partial charge is 0.460 e. The number of rotatable bonds is 2. The third-order valence-corrected chi connectivity index (χ3v) is 5.21. The van der Waals surface area contributed by atoms with Crippen LogP contribution in [0.2, 0.25) is 0 Å². The van der Waals surface area contributed by atoms with Gasteiger partial charge in [0.25, 0.3) is 0 Å². The van der Waals surface area contributed by atoms with Gasteiger partial charge in [-0.05, 0) is 62.6 Å². The molecule has 3 heteroatoms. The molecule has 1 saturated carbocycles. The fraction of sp³-hybridized carbons (Fsp3) is 0.550. The molecular formula is C20H26O3. The standard InChI is InChI=1S/C20H26O3/c1-12-9-15(13(2)21)19-16(10-12)17(22)11-18(23-19)14-5-7-20(3,4)8-6-14/h9-11,13-14,21H,5-8H2,1-4H3. The molecule has 1 aromatic heterocycles. The maximum atomic E-state index is 12.6. The van der Waals surface area contributed by atoms with Crippen LogP contribution in [0.5, 0.6) is 0 Å². The van der Waals surface area contributed by atoms with Gasteiger partial charge in [0, 0.05) is 17.5 Å². The molecular weight excluding hydrogens is 288 g/mol. The summed E-state index contributed by atoms with van der Waals surface area (Å²) in [5, 5.41) is 10.6. The molecule has 1 aliphatic rings. The second-order valence-electron chi connectivity index (χ2n) is 7.86. The van der Waals surface area contributed by atoms with Gasteiger partial charge in [0.2, 0.25) is 0 Å². The Morgan fingerprint density at radius 3 is 2.48 bits per heavy atom. The van der Waals surface area contributed by atoms with Crippen LogP contribution in [0, 0.1) is 12.3 Å². The molecule has 1 atom stereocenters. The van der Waals surface area contributed by atoms with Crippen molar-refractivity contribution in [2.75, 3.05) is 0 Å². The average Bonchev–Trinajstić information content (AvgIpc) is 2.47. The van der Waals surface area contributed by atoms with E-state index in [9.17, 15) is 9.90 Å². The summed E-state index contributed by atoms with van der Waals surface area (Å²) in [6.07, 6.45) is 3.75. The number of aliphatic hydroxyl groups is 1. The van der Waals surface area contributed by atoms with Crippen LogP contribution in [-0.4, -0.2) is 5.11 Å². The van der Waals surface area contributed by atoms with Gasteiger partial charge in [-0.1, -0.05) is 13.8 Å². The number of hydrogen-bond donors (Lipinski definition) is 1. The molecule has 0 amide bonds. The van der Waals surface area contributed by atoms with E-state index < -0.39 is 6.10 Å². The molecule has 0 radical (unpaired) electrons. The van der Waals surface area contributed by atoms with Gasteiger partial charge in [0.15, 0.2) is 5.43 Å². The summed E-state index contributed by atoms with van der Waals surface area (Å²) in [7, 11) is 0. The zero-order valence-electron chi connectivity index (χ0n) is 14.5. The molecule has 0 saturated heterocycles. The Morgan fingerprint density at radius 2 is 1.87 bits per heavy atom. The molecule has 1 heterocycles. The lowest BCUT2D eigenvalue weighted by molar-refractivity contribution is 0.197. The van der Waals surface area contributed by atoms with E-state index in [4.69, 9.17) is 4.42 Å². The Morgan fingerprint density at radius 1 is 1.22 bits per heavy atom. The number of aliphatic hydroxyl groups excluding tert-OH is 1. The Hall–Kier alpha value is -1.61. The third-order valence-electron chi connectivity index (χ3n) is 5.21. The lowest BCUT2D eigenvalue weighted by atomic mass is 9.72. The van der Waals surface area contributed by atoms with E-state index in [1.165, 1.54) is 0 Å². The van der Waals surface area contributed by atoms with Gasteiger partial charge in [0.1, 0.15) is 11.3 Å². The first kappa shape index (κ1) is 16.3. The van der Waals surface area contributed by atoms with E-state index in [0.29, 0.717) is 27.9 Å². The fourth-order valence-corrected chi connectivity index (χ4v) is 3.65. The van der Waals surface area contributed by atoms with Gasteiger partial charge in [-0.2, -0.15) is 0 Å². The highest BCUT2D eigenvalue weighted by Gasteiger charge is 2.29. The minimum atomic E-state index is -0.652. The summed E-state index contributed by atoms with van der Waals surface area (Å²) in [4.78, 5) is 12.6. The first-order chi connectivity index (χ1) is 10.8. The van der Waals surface area contributed by atoms with Crippen molar-refractivity contribution < 1.29 is 9.52 Å². The molecule has 0 spiro atoms. The number of benzene rings is 1. The van der Waals surface area contributed by atoms with Crippen LogP contribution in [0.25, 0.3) is 11.0 Å². The molecule has 124 valence electrons. The van der Waals surface area contributed by atoms with E-state index in [1.807, 2.05) is 19.1 Å². The van der Waals surface area contributed by atoms with Crippen LogP contribution >= 0.6 is 0 Å². The Kier molecular flexibility index (Phi) is 4.09. The van der Waals surface area contributed by atoms with Crippen LogP contribution in [-0.2, 0) is 0 Å². The van der Waals surface area contributed by atoms with Gasteiger partial charge >= 0.3 is 0 Å². The first-order valence-corrected chi connectivity index (χ1v) is 8.53. The lowest BCUT2D eigenvalue weighted by Crippen LogP contribution is -2.21. The van der Waals surface area contributed by atoms with Crippen LogP contribution in [0.1, 0.15) is 75.4 Å². The molecule has 3 rings (SSSR count). The molecule has 23 heavy (non-hydrogen) atoms. The number of aryl methyl sites for hydroxylation is 1. The summed E-state index contributed by atoms with van der Waals surface area (Å²) in [6, 6.07) is 5.42. The highest BCUT2D eigenvalue weighted by atomic mass is 16.3. The highest BCUT2D eigenvalue weighted by Crippen LogP contribution is 2.42. The molecule has 2 aromatic rings. The van der Waals surface area contributed by atoms with Gasteiger partial charge in [-0.25, -0.2) is 0 Å². The van der Waals surface area contributed by atoms with Crippen LogP contribution in [0.4, 0.5) is 0 Å². The normalized spacial score (nSPS) is 19.9. The van der Waals surface area contributed by atoms with Gasteiger partial charge < -0.3 is 9.52 Å². The van der Waals surface area contributed by atoms with E-state index >= 15 is 0 Å². The first-order valence-electron chi connectivity index (χ1n) is 8.53. The summed E-state index contributed by atoms with van der Waals surface area (Å²) in [5.41, 5.74) is 2.60. The van der Waals surface area contributed by atoms with Gasteiger partial charge in [-0.15, -0.1) is 0 Å². The predicted octanol–water partition coefficient (Wildman–Crippen LogP) is 4.84. The van der Waals surface area contributed by atoms with E-state index in [2.05, 4.69) is 13.8 Å². The van der Waals surface area contributed by atoms with E-state index in [-0.39, 0.29) is 5.43 Å². The number of hydrogen-bond acceptors (Lipinski definition) is 3.